The van der Waals surface area contributed by atoms with E-state index < -0.39 is 5.92 Å². The van der Waals surface area contributed by atoms with Gasteiger partial charge in [-0.3, -0.25) is 0 Å². The lowest BCUT2D eigenvalue weighted by atomic mass is 10.0. The number of benzene rings is 1. The molecule has 1 saturated carbocycles. The minimum Gasteiger partial charge on any atom is -0.371 e. The van der Waals surface area contributed by atoms with Crippen molar-refractivity contribution in [2.45, 2.75) is 50.2 Å². The fourth-order valence-corrected chi connectivity index (χ4v) is 3.61. The molecule has 4 nitrogen and oxygen atoms in total. The molecule has 2 N–H and O–H groups in total. The van der Waals surface area contributed by atoms with Crippen molar-refractivity contribution < 1.29 is 18.3 Å². The molecule has 1 heterocycles. The molecule has 2 amide bonds. The Balaban J connectivity index is 1.41. The molecule has 2 aliphatic rings. The lowest BCUT2D eigenvalue weighted by Crippen LogP contribution is -2.43. The van der Waals surface area contributed by atoms with Crippen LogP contribution in [-0.2, 0) is 4.74 Å². The van der Waals surface area contributed by atoms with Gasteiger partial charge in [0.1, 0.15) is 6.10 Å². The summed E-state index contributed by atoms with van der Waals surface area (Å²) >= 11 is 0. The number of carbonyl (C=O) groups excluding carboxylic acids is 1. The monoisotopic (exact) mass is 338 g/mol. The highest BCUT2D eigenvalue weighted by Crippen LogP contribution is 2.40. The molecule has 1 saturated heterocycles. The summed E-state index contributed by atoms with van der Waals surface area (Å²) in [5, 5.41) is 5.73. The van der Waals surface area contributed by atoms with Crippen LogP contribution < -0.4 is 10.6 Å². The number of ether oxygens (including phenoxy) is 1. The number of halogens is 2. The van der Waals surface area contributed by atoms with Crippen LogP contribution in [0.2, 0.25) is 0 Å². The molecule has 1 aliphatic carbocycles. The summed E-state index contributed by atoms with van der Waals surface area (Å²) in [7, 11) is 0. The molecule has 0 radical (unpaired) electrons. The second-order valence-electron chi connectivity index (χ2n) is 6.75. The minimum absolute atomic E-state index is 0.00665. The van der Waals surface area contributed by atoms with Crippen LogP contribution in [0.3, 0.4) is 0 Å². The smallest absolute Gasteiger partial charge is 0.315 e. The van der Waals surface area contributed by atoms with Crippen molar-refractivity contribution in [3.05, 3.63) is 35.9 Å². The summed E-state index contributed by atoms with van der Waals surface area (Å²) in [6.07, 6.45) is 1.70. The minimum atomic E-state index is -2.52. The van der Waals surface area contributed by atoms with Crippen LogP contribution in [0.5, 0.6) is 0 Å². The molecule has 6 heteroatoms. The predicted molar refractivity (Wildman–Crippen MR) is 87.0 cm³/mol. The zero-order valence-electron chi connectivity index (χ0n) is 13.6. The molecule has 1 aromatic carbocycles. The zero-order chi connectivity index (χ0) is 17.0. The highest BCUT2D eigenvalue weighted by atomic mass is 19.3. The Bertz CT molecular complexity index is 553. The van der Waals surface area contributed by atoms with Crippen LogP contribution in [0.1, 0.15) is 43.8 Å². The topological polar surface area (TPSA) is 50.4 Å². The van der Waals surface area contributed by atoms with Gasteiger partial charge in [-0.1, -0.05) is 30.3 Å². The number of amides is 2. The van der Waals surface area contributed by atoms with Gasteiger partial charge in [-0.25, -0.2) is 13.6 Å². The van der Waals surface area contributed by atoms with Crippen LogP contribution in [0.15, 0.2) is 30.3 Å². The molecule has 3 atom stereocenters. The van der Waals surface area contributed by atoms with E-state index in [1.807, 2.05) is 30.3 Å². The van der Waals surface area contributed by atoms with Gasteiger partial charge in [-0.05, 0) is 30.7 Å². The van der Waals surface area contributed by atoms with E-state index in [0.717, 1.165) is 12.0 Å². The number of nitrogens with one attached hydrogen (secondary N) is 2. The van der Waals surface area contributed by atoms with E-state index in [2.05, 4.69) is 10.6 Å². The first-order valence-corrected chi connectivity index (χ1v) is 8.62. The van der Waals surface area contributed by atoms with Gasteiger partial charge < -0.3 is 15.4 Å². The third kappa shape index (κ3) is 4.44. The standard InChI is InChI=1S/C18H24F2N2O2/c19-18(20)9-6-13(12-18)7-10-21-17(23)22-15-8-11-24-16(15)14-4-2-1-3-5-14/h1-5,13,15-16H,6-12H2,(H2,21,22,23)/t13?,15-,16+/m1/s1. The van der Waals surface area contributed by atoms with Crippen molar-refractivity contribution in [3.8, 4) is 0 Å². The van der Waals surface area contributed by atoms with Gasteiger partial charge in [-0.2, -0.15) is 0 Å². The van der Waals surface area contributed by atoms with Gasteiger partial charge >= 0.3 is 6.03 Å². The van der Waals surface area contributed by atoms with Gasteiger partial charge in [0, 0.05) is 26.0 Å². The van der Waals surface area contributed by atoms with E-state index in [0.29, 0.717) is 26.0 Å². The van der Waals surface area contributed by atoms with Crippen molar-refractivity contribution in [2.24, 2.45) is 5.92 Å². The van der Waals surface area contributed by atoms with E-state index in [4.69, 9.17) is 4.74 Å². The van der Waals surface area contributed by atoms with Crippen LogP contribution in [0.4, 0.5) is 13.6 Å². The average Bonchev–Trinajstić information content (AvgIpc) is 3.14. The number of hydrogen-bond acceptors (Lipinski definition) is 2. The molecule has 1 aromatic rings. The molecule has 132 valence electrons. The van der Waals surface area contributed by atoms with Gasteiger partial charge in [0.05, 0.1) is 6.04 Å². The van der Waals surface area contributed by atoms with E-state index in [1.54, 1.807) is 0 Å². The molecule has 3 rings (SSSR count). The lowest BCUT2D eigenvalue weighted by Gasteiger charge is -2.20. The molecule has 0 spiro atoms. The van der Waals surface area contributed by atoms with E-state index in [1.165, 1.54) is 0 Å². The summed E-state index contributed by atoms with van der Waals surface area (Å²) in [6.45, 7) is 1.04. The maximum atomic E-state index is 13.1. The summed E-state index contributed by atoms with van der Waals surface area (Å²) in [4.78, 5) is 12.1. The number of urea groups is 1. The molecule has 0 aromatic heterocycles. The number of carbonyl (C=O) groups is 1. The highest BCUT2D eigenvalue weighted by molar-refractivity contribution is 5.74. The highest BCUT2D eigenvalue weighted by Gasteiger charge is 2.39. The molecular formula is C18H24F2N2O2. The Morgan fingerprint density at radius 1 is 1.25 bits per heavy atom. The zero-order valence-corrected chi connectivity index (χ0v) is 13.6. The third-order valence-corrected chi connectivity index (χ3v) is 4.88. The normalized spacial score (nSPS) is 28.7. The fraction of sp³-hybridized carbons (Fsp3) is 0.611. The number of rotatable bonds is 5. The van der Waals surface area contributed by atoms with Crippen molar-refractivity contribution in [1.29, 1.82) is 0 Å². The Labute approximate surface area is 141 Å². The second kappa shape index (κ2) is 7.47. The molecule has 24 heavy (non-hydrogen) atoms. The Morgan fingerprint density at radius 2 is 2.04 bits per heavy atom. The SMILES string of the molecule is O=C(NCCC1CCC(F)(F)C1)N[C@@H]1CCO[C@H]1c1ccccc1. The first-order valence-electron chi connectivity index (χ1n) is 8.62. The van der Waals surface area contributed by atoms with E-state index in [9.17, 15) is 13.6 Å². The summed E-state index contributed by atoms with van der Waals surface area (Å²) in [6, 6.07) is 9.50. The average molecular weight is 338 g/mol. The molecule has 0 bridgehead atoms. The van der Waals surface area contributed by atoms with Gasteiger partial charge in [0.2, 0.25) is 5.92 Å². The van der Waals surface area contributed by atoms with Crippen LogP contribution in [-0.4, -0.2) is 31.1 Å². The first-order chi connectivity index (χ1) is 11.5. The summed E-state index contributed by atoms with van der Waals surface area (Å²) in [5.41, 5.74) is 1.05. The lowest BCUT2D eigenvalue weighted by molar-refractivity contribution is 0.00478. The number of hydrogen-bond donors (Lipinski definition) is 2. The fourth-order valence-electron chi connectivity index (χ4n) is 3.61. The second-order valence-corrected chi connectivity index (χ2v) is 6.75. The third-order valence-electron chi connectivity index (χ3n) is 4.88. The van der Waals surface area contributed by atoms with Gasteiger partial charge in [0.25, 0.3) is 0 Å². The predicted octanol–water partition coefficient (Wildman–Crippen LogP) is 3.64. The first kappa shape index (κ1) is 17.1. The largest absolute Gasteiger partial charge is 0.371 e. The van der Waals surface area contributed by atoms with Crippen molar-refractivity contribution >= 4 is 6.03 Å². The Morgan fingerprint density at radius 3 is 2.75 bits per heavy atom. The maximum absolute atomic E-state index is 13.1. The molecule has 2 fully saturated rings. The van der Waals surface area contributed by atoms with Crippen LogP contribution in [0, 0.1) is 5.92 Å². The van der Waals surface area contributed by atoms with Crippen molar-refractivity contribution in [3.63, 3.8) is 0 Å². The van der Waals surface area contributed by atoms with E-state index in [-0.39, 0.29) is 36.9 Å². The quantitative estimate of drug-likeness (QED) is 0.861. The van der Waals surface area contributed by atoms with Gasteiger partial charge in [-0.15, -0.1) is 0 Å². The van der Waals surface area contributed by atoms with Crippen LogP contribution >= 0.6 is 0 Å². The Kier molecular flexibility index (Phi) is 5.33. The maximum Gasteiger partial charge on any atom is 0.315 e. The van der Waals surface area contributed by atoms with Gasteiger partial charge in [0.15, 0.2) is 0 Å². The number of alkyl halides is 2. The molecule has 1 aliphatic heterocycles. The van der Waals surface area contributed by atoms with Crippen LogP contribution in [0.25, 0.3) is 0 Å². The van der Waals surface area contributed by atoms with Crippen molar-refractivity contribution in [2.75, 3.05) is 13.2 Å². The van der Waals surface area contributed by atoms with Crippen molar-refractivity contribution in [1.82, 2.24) is 10.6 Å². The summed E-state index contributed by atoms with van der Waals surface area (Å²) < 4.78 is 32.0. The molecule has 1 unspecified atom stereocenters. The summed E-state index contributed by atoms with van der Waals surface area (Å²) in [5.74, 6) is -2.51. The Hall–Kier alpha value is -1.69. The molecular weight excluding hydrogens is 314 g/mol. The van der Waals surface area contributed by atoms with E-state index >= 15 is 0 Å².